The van der Waals surface area contributed by atoms with Gasteiger partial charge in [0, 0.05) is 6.21 Å². The van der Waals surface area contributed by atoms with Crippen molar-refractivity contribution in [3.05, 3.63) is 29.1 Å². The molecule has 0 saturated heterocycles. The number of nitrogens with two attached hydrogens (primary N) is 1. The van der Waals surface area contributed by atoms with Gasteiger partial charge in [-0.15, -0.1) is 0 Å². The molecule has 4 nitrogen and oxygen atoms in total. The Kier molecular flexibility index (Phi) is 8.37. The van der Waals surface area contributed by atoms with Crippen molar-refractivity contribution in [3.63, 3.8) is 0 Å². The summed E-state index contributed by atoms with van der Waals surface area (Å²) in [7, 11) is 0. The summed E-state index contributed by atoms with van der Waals surface area (Å²) in [5.41, 5.74) is 5.95. The molecule has 1 rings (SSSR count). The molecule has 0 heterocycles. The molecule has 0 bridgehead atoms. The van der Waals surface area contributed by atoms with E-state index in [9.17, 15) is 13.2 Å². The van der Waals surface area contributed by atoms with E-state index in [1.165, 1.54) is 12.1 Å². The van der Waals surface area contributed by atoms with Crippen molar-refractivity contribution in [1.82, 2.24) is 0 Å². The number of benzene rings is 1. The van der Waals surface area contributed by atoms with Crippen LogP contribution in [0.5, 0.6) is 0 Å². The van der Waals surface area contributed by atoms with E-state index in [2.05, 4.69) is 4.99 Å². The zero-order chi connectivity index (χ0) is 16.6. The van der Waals surface area contributed by atoms with E-state index < -0.39 is 17.3 Å². The topological polar surface area (TPSA) is 86.1 Å². The molecule has 1 aromatic rings. The summed E-state index contributed by atoms with van der Waals surface area (Å²) in [6.07, 6.45) is -2.17. The van der Waals surface area contributed by atoms with Crippen molar-refractivity contribution >= 4 is 33.9 Å². The zero-order valence-corrected chi connectivity index (χ0v) is 12.7. The average molecular weight is 318 g/mol. The van der Waals surface area contributed by atoms with Gasteiger partial charge in [0.25, 0.3) is 6.43 Å². The van der Waals surface area contributed by atoms with Crippen LogP contribution >= 0.6 is 11.8 Å². The Hall–Kier alpha value is -1.83. The minimum absolute atomic E-state index is 0.0690. The van der Waals surface area contributed by atoms with E-state index >= 15 is 0 Å². The van der Waals surface area contributed by atoms with Gasteiger partial charge in [-0.3, -0.25) is 5.41 Å². The lowest BCUT2D eigenvalue weighted by Crippen LogP contribution is -2.14. The molecule has 0 amide bonds. The van der Waals surface area contributed by atoms with Crippen LogP contribution in [-0.4, -0.2) is 22.9 Å². The van der Waals surface area contributed by atoms with Crippen LogP contribution in [0.1, 0.15) is 25.0 Å². The molecule has 0 saturated carbocycles. The third kappa shape index (κ3) is 5.99. The molecule has 1 aromatic carbocycles. The first-order valence-electron chi connectivity index (χ1n) is 6.04. The molecule has 0 fully saturated rings. The fraction of sp³-hybridized carbons (Fsp3) is 0.308. The largest absolute Gasteiger partial charge is 0.378 e. The molecule has 0 aliphatic rings. The summed E-state index contributed by atoms with van der Waals surface area (Å²) in [5, 5.41) is 12.8. The molecule has 0 spiro atoms. The summed E-state index contributed by atoms with van der Waals surface area (Å²) in [4.78, 5) is 3.77. The molecule has 21 heavy (non-hydrogen) atoms. The summed E-state index contributed by atoms with van der Waals surface area (Å²) >= 11 is 0.297. The highest BCUT2D eigenvalue weighted by atomic mass is 32.2. The van der Waals surface area contributed by atoms with Gasteiger partial charge in [0.15, 0.2) is 5.17 Å². The third-order valence-electron chi connectivity index (χ3n) is 2.04. The van der Waals surface area contributed by atoms with Crippen LogP contribution in [0.2, 0.25) is 0 Å². The lowest BCUT2D eigenvalue weighted by Gasteiger charge is -2.06. The fourth-order valence-corrected chi connectivity index (χ4v) is 1.73. The van der Waals surface area contributed by atoms with Gasteiger partial charge in [-0.25, -0.2) is 18.2 Å². The molecule has 8 heteroatoms. The maximum Gasteiger partial charge on any atom is 0.286 e. The van der Waals surface area contributed by atoms with E-state index in [1.807, 2.05) is 13.8 Å². The van der Waals surface area contributed by atoms with Gasteiger partial charge in [-0.1, -0.05) is 13.8 Å². The predicted octanol–water partition coefficient (Wildman–Crippen LogP) is 4.08. The first-order valence-corrected chi connectivity index (χ1v) is 6.86. The standard InChI is InChI=1S/C11H11F3N4S.C2H6/c1-5-2-7(12)6(4-15)8(3-5)18-11(17)19-10(16)9(13)14;1-2/h2-4,9,15-16H,1H3,(H2,17,18);1-2H3. The number of halogens is 3. The Balaban J connectivity index is 0.00000191. The Morgan fingerprint density at radius 3 is 2.43 bits per heavy atom. The highest BCUT2D eigenvalue weighted by molar-refractivity contribution is 8.26. The summed E-state index contributed by atoms with van der Waals surface area (Å²) in [5.74, 6) is -0.643. The molecule has 0 aliphatic carbocycles. The van der Waals surface area contributed by atoms with Gasteiger partial charge in [-0.2, -0.15) is 0 Å². The SMILES string of the molecule is CC.Cc1cc(F)c(C=N)c(N=C(N)SC(=N)C(F)F)c1. The second kappa shape index (κ2) is 9.17. The Morgan fingerprint density at radius 2 is 1.95 bits per heavy atom. The number of rotatable bonds is 3. The maximum absolute atomic E-state index is 13.5. The number of nitrogens with zero attached hydrogens (tertiary/aromatic N) is 1. The molecule has 0 radical (unpaired) electrons. The lowest BCUT2D eigenvalue weighted by molar-refractivity contribution is 0.228. The fourth-order valence-electron chi connectivity index (χ4n) is 1.27. The van der Waals surface area contributed by atoms with Crippen LogP contribution in [0.4, 0.5) is 18.9 Å². The first-order chi connectivity index (χ1) is 9.85. The smallest absolute Gasteiger partial charge is 0.286 e. The molecular formula is C13H17F3N4S. The van der Waals surface area contributed by atoms with Crippen molar-refractivity contribution in [3.8, 4) is 0 Å². The van der Waals surface area contributed by atoms with Crippen LogP contribution in [-0.2, 0) is 0 Å². The second-order valence-electron chi connectivity index (χ2n) is 3.54. The van der Waals surface area contributed by atoms with Crippen molar-refractivity contribution < 1.29 is 13.2 Å². The number of alkyl halides is 2. The normalized spacial score (nSPS) is 10.9. The van der Waals surface area contributed by atoms with Crippen LogP contribution < -0.4 is 5.73 Å². The van der Waals surface area contributed by atoms with Gasteiger partial charge in [0.05, 0.1) is 11.3 Å². The molecule has 4 N–H and O–H groups in total. The van der Waals surface area contributed by atoms with E-state index in [4.69, 9.17) is 16.6 Å². The maximum atomic E-state index is 13.5. The highest BCUT2D eigenvalue weighted by Crippen LogP contribution is 2.24. The molecule has 0 atom stereocenters. The van der Waals surface area contributed by atoms with Crippen molar-refractivity contribution in [2.75, 3.05) is 0 Å². The number of hydrogen-bond acceptors (Lipinski definition) is 4. The van der Waals surface area contributed by atoms with Crippen molar-refractivity contribution in [1.29, 1.82) is 10.8 Å². The van der Waals surface area contributed by atoms with Crippen molar-refractivity contribution in [2.45, 2.75) is 27.2 Å². The number of aliphatic imine (C=N–C) groups is 1. The van der Waals surface area contributed by atoms with E-state index in [1.54, 1.807) is 6.92 Å². The minimum Gasteiger partial charge on any atom is -0.378 e. The Morgan fingerprint density at radius 1 is 1.38 bits per heavy atom. The number of hydrogen-bond donors (Lipinski definition) is 3. The second-order valence-corrected chi connectivity index (χ2v) is 4.60. The van der Waals surface area contributed by atoms with Gasteiger partial charge < -0.3 is 11.1 Å². The number of nitrogens with one attached hydrogen (secondary N) is 2. The van der Waals surface area contributed by atoms with E-state index in [0.29, 0.717) is 17.3 Å². The quantitative estimate of drug-likeness (QED) is 0.579. The summed E-state index contributed by atoms with van der Waals surface area (Å²) in [6, 6.07) is 2.70. The average Bonchev–Trinajstić information content (AvgIpc) is 2.40. The number of amidine groups is 1. The Bertz CT molecular complexity index is 544. The van der Waals surface area contributed by atoms with Crippen LogP contribution in [0.25, 0.3) is 0 Å². The molecule has 0 aromatic heterocycles. The molecule has 0 aliphatic heterocycles. The third-order valence-corrected chi connectivity index (χ3v) is 2.74. The van der Waals surface area contributed by atoms with E-state index in [-0.39, 0.29) is 16.4 Å². The monoisotopic (exact) mass is 318 g/mol. The summed E-state index contributed by atoms with van der Waals surface area (Å²) in [6.45, 7) is 5.63. The minimum atomic E-state index is -2.93. The lowest BCUT2D eigenvalue weighted by atomic mass is 10.1. The number of thioether (sulfide) groups is 1. The van der Waals surface area contributed by atoms with Gasteiger partial charge >= 0.3 is 0 Å². The van der Waals surface area contributed by atoms with Gasteiger partial charge in [0.1, 0.15) is 10.9 Å². The van der Waals surface area contributed by atoms with E-state index in [0.717, 1.165) is 6.21 Å². The molecule has 116 valence electrons. The molecular weight excluding hydrogens is 301 g/mol. The predicted molar refractivity (Wildman–Crippen MR) is 83.0 cm³/mol. The van der Waals surface area contributed by atoms with Crippen LogP contribution in [0.15, 0.2) is 17.1 Å². The van der Waals surface area contributed by atoms with Gasteiger partial charge in [-0.05, 0) is 36.4 Å². The van der Waals surface area contributed by atoms with Crippen LogP contribution in [0.3, 0.4) is 0 Å². The highest BCUT2D eigenvalue weighted by Gasteiger charge is 2.14. The van der Waals surface area contributed by atoms with Crippen LogP contribution in [0, 0.1) is 23.6 Å². The number of aryl methyl sites for hydroxylation is 1. The van der Waals surface area contributed by atoms with Gasteiger partial charge in [0.2, 0.25) is 0 Å². The zero-order valence-electron chi connectivity index (χ0n) is 11.9. The van der Waals surface area contributed by atoms with Crippen molar-refractivity contribution in [2.24, 2.45) is 10.7 Å². The first kappa shape index (κ1) is 19.2. The summed E-state index contributed by atoms with van der Waals surface area (Å²) < 4.78 is 37.8. The molecule has 0 unspecified atom stereocenters. The Labute approximate surface area is 125 Å².